The molecule has 0 aromatic heterocycles. The predicted molar refractivity (Wildman–Crippen MR) is 34.4 cm³/mol. The summed E-state index contributed by atoms with van der Waals surface area (Å²) in [6.07, 6.45) is -0.422. The van der Waals surface area contributed by atoms with Crippen LogP contribution in [-0.4, -0.2) is 22.9 Å². The van der Waals surface area contributed by atoms with E-state index in [1.165, 1.54) is 0 Å². The molecule has 0 radical (unpaired) electrons. The number of hydrogen-bond acceptors (Lipinski definition) is 1. The second-order valence-electron chi connectivity index (χ2n) is 1.41. The van der Waals surface area contributed by atoms with E-state index < -0.39 is 17.0 Å². The highest BCUT2D eigenvalue weighted by Crippen LogP contribution is 2.23. The molecule has 0 aliphatic carbocycles. The lowest BCUT2D eigenvalue weighted by Gasteiger charge is -2.11. The van der Waals surface area contributed by atoms with Crippen LogP contribution in [0.4, 0.5) is 8.78 Å². The first-order chi connectivity index (χ1) is 4.04. The molecule has 0 amide bonds. The van der Waals surface area contributed by atoms with Crippen LogP contribution in [0.2, 0.25) is 0 Å². The minimum atomic E-state index is -3.35. The van der Waals surface area contributed by atoms with Crippen LogP contribution in [0.1, 0.15) is 0 Å². The minimum absolute atomic E-state index is 0.286. The van der Waals surface area contributed by atoms with Gasteiger partial charge in [-0.05, 0) is 0 Å². The van der Waals surface area contributed by atoms with Crippen LogP contribution >= 0.6 is 27.5 Å². The average molecular weight is 221 g/mol. The molecule has 54 valence electrons. The fraction of sp³-hybridized carbons (Fsp3) is 0.750. The predicted octanol–water partition coefficient (Wildman–Crippen LogP) is 1.82. The fourth-order valence-electron chi connectivity index (χ4n) is 0.177. The molecular formula is C4H4BrClF2O. The van der Waals surface area contributed by atoms with Crippen LogP contribution < -0.4 is 0 Å². The van der Waals surface area contributed by atoms with Gasteiger partial charge in [-0.25, -0.2) is 0 Å². The molecule has 0 aliphatic rings. The molecule has 0 saturated carbocycles. The summed E-state index contributed by atoms with van der Waals surface area (Å²) in [5.74, 6) is -3.63. The Morgan fingerprint density at radius 2 is 2.22 bits per heavy atom. The van der Waals surface area contributed by atoms with Crippen molar-refractivity contribution in [3.8, 4) is 0 Å². The van der Waals surface area contributed by atoms with Gasteiger partial charge in [-0.2, -0.15) is 8.78 Å². The van der Waals surface area contributed by atoms with Crippen molar-refractivity contribution in [3.05, 3.63) is 0 Å². The number of alkyl halides is 4. The molecule has 0 heterocycles. The lowest BCUT2D eigenvalue weighted by molar-refractivity contribution is -0.128. The highest BCUT2D eigenvalue weighted by molar-refractivity contribution is 9.09. The van der Waals surface area contributed by atoms with Crippen molar-refractivity contribution in [2.24, 2.45) is 0 Å². The van der Waals surface area contributed by atoms with Gasteiger partial charge in [0.25, 0.3) is 0 Å². The number of hydrogen-bond donors (Lipinski definition) is 0. The summed E-state index contributed by atoms with van der Waals surface area (Å²) < 4.78 is 24.1. The molecule has 1 atom stereocenters. The summed E-state index contributed by atoms with van der Waals surface area (Å²) in [6, 6.07) is 0. The third kappa shape index (κ3) is 2.58. The lowest BCUT2D eigenvalue weighted by Crippen LogP contribution is -2.31. The standard InChI is InChI=1S/C4H4BrClF2O/c5-3(1-6)4(7,8)2-9/h2-3H,1H2. The molecule has 0 N–H and O–H groups in total. The van der Waals surface area contributed by atoms with E-state index >= 15 is 0 Å². The Kier molecular flexibility index (Phi) is 3.58. The normalized spacial score (nSPS) is 15.1. The Morgan fingerprint density at radius 1 is 1.78 bits per heavy atom. The molecule has 0 spiro atoms. The maximum atomic E-state index is 12.0. The average Bonchev–Trinajstić information content (AvgIpc) is 1.86. The smallest absolute Gasteiger partial charge is 0.297 e. The molecule has 0 aliphatic heterocycles. The fourth-order valence-corrected chi connectivity index (χ4v) is 0.490. The highest BCUT2D eigenvalue weighted by atomic mass is 79.9. The van der Waals surface area contributed by atoms with E-state index in [9.17, 15) is 13.6 Å². The SMILES string of the molecule is O=CC(F)(F)C(Br)CCl. The van der Waals surface area contributed by atoms with Crippen molar-refractivity contribution in [3.63, 3.8) is 0 Å². The van der Waals surface area contributed by atoms with E-state index in [0.717, 1.165) is 0 Å². The van der Waals surface area contributed by atoms with Crippen molar-refractivity contribution in [2.45, 2.75) is 10.7 Å². The van der Waals surface area contributed by atoms with E-state index in [2.05, 4.69) is 15.9 Å². The number of aldehydes is 1. The first-order valence-corrected chi connectivity index (χ1v) is 3.53. The van der Waals surface area contributed by atoms with Crippen molar-refractivity contribution in [1.29, 1.82) is 0 Å². The second kappa shape index (κ2) is 3.46. The summed E-state index contributed by atoms with van der Waals surface area (Å²) in [4.78, 5) is 8.33. The van der Waals surface area contributed by atoms with Gasteiger partial charge in [0.2, 0.25) is 0 Å². The number of carbonyl (C=O) groups excluding carboxylic acids is 1. The topological polar surface area (TPSA) is 17.1 Å². The van der Waals surface area contributed by atoms with E-state index in [0.29, 0.717) is 0 Å². The molecule has 0 saturated heterocycles. The minimum Gasteiger partial charge on any atom is -0.297 e. The van der Waals surface area contributed by atoms with Gasteiger partial charge in [0.1, 0.15) is 0 Å². The summed E-state index contributed by atoms with van der Waals surface area (Å²) in [6.45, 7) is 0. The molecule has 0 aromatic rings. The van der Waals surface area contributed by atoms with E-state index in [4.69, 9.17) is 11.6 Å². The van der Waals surface area contributed by atoms with Crippen molar-refractivity contribution in [2.75, 3.05) is 5.88 Å². The monoisotopic (exact) mass is 220 g/mol. The maximum Gasteiger partial charge on any atom is 0.315 e. The zero-order valence-corrected chi connectivity index (χ0v) is 6.62. The lowest BCUT2D eigenvalue weighted by atomic mass is 10.3. The zero-order valence-electron chi connectivity index (χ0n) is 4.28. The van der Waals surface area contributed by atoms with Crippen LogP contribution in [0.5, 0.6) is 0 Å². The van der Waals surface area contributed by atoms with E-state index in [1.54, 1.807) is 0 Å². The van der Waals surface area contributed by atoms with Gasteiger partial charge >= 0.3 is 5.92 Å². The molecule has 0 bridgehead atoms. The van der Waals surface area contributed by atoms with Gasteiger partial charge in [-0.3, -0.25) is 4.79 Å². The van der Waals surface area contributed by atoms with Gasteiger partial charge in [0, 0.05) is 5.88 Å². The second-order valence-corrected chi connectivity index (χ2v) is 2.83. The summed E-state index contributed by atoms with van der Waals surface area (Å²) in [5, 5.41) is 0. The Balaban J connectivity index is 3.95. The van der Waals surface area contributed by atoms with Crippen LogP contribution in [0.15, 0.2) is 0 Å². The number of rotatable bonds is 3. The summed E-state index contributed by atoms with van der Waals surface area (Å²) in [5.41, 5.74) is 0. The third-order valence-corrected chi connectivity index (χ3v) is 2.33. The number of carbonyl (C=O) groups is 1. The Hall–Kier alpha value is 0.300. The van der Waals surface area contributed by atoms with Gasteiger partial charge in [-0.15, -0.1) is 11.6 Å². The molecule has 1 nitrogen and oxygen atoms in total. The van der Waals surface area contributed by atoms with Gasteiger partial charge in [0.15, 0.2) is 6.29 Å². The Bertz CT molecular complexity index is 109. The molecule has 0 rings (SSSR count). The van der Waals surface area contributed by atoms with E-state index in [1.807, 2.05) is 0 Å². The first-order valence-electron chi connectivity index (χ1n) is 2.08. The van der Waals surface area contributed by atoms with Crippen LogP contribution in [0, 0.1) is 0 Å². The molecule has 9 heavy (non-hydrogen) atoms. The van der Waals surface area contributed by atoms with Gasteiger partial charge in [0.05, 0.1) is 4.83 Å². The first kappa shape index (κ1) is 9.30. The Labute approximate surface area is 64.5 Å². The molecular weight excluding hydrogens is 217 g/mol. The molecule has 1 unspecified atom stereocenters. The third-order valence-electron chi connectivity index (χ3n) is 0.710. The highest BCUT2D eigenvalue weighted by Gasteiger charge is 2.36. The van der Waals surface area contributed by atoms with Crippen molar-refractivity contribution >= 4 is 33.8 Å². The maximum absolute atomic E-state index is 12.0. The quantitative estimate of drug-likeness (QED) is 0.525. The Morgan fingerprint density at radius 3 is 2.33 bits per heavy atom. The molecule has 0 aromatic carbocycles. The largest absolute Gasteiger partial charge is 0.315 e. The van der Waals surface area contributed by atoms with Gasteiger partial charge in [-0.1, -0.05) is 15.9 Å². The van der Waals surface area contributed by atoms with Crippen LogP contribution in [-0.2, 0) is 4.79 Å². The summed E-state index contributed by atoms with van der Waals surface area (Å²) >= 11 is 7.57. The van der Waals surface area contributed by atoms with Crippen LogP contribution in [0.25, 0.3) is 0 Å². The number of halogens is 4. The van der Waals surface area contributed by atoms with Crippen molar-refractivity contribution in [1.82, 2.24) is 0 Å². The van der Waals surface area contributed by atoms with E-state index in [-0.39, 0.29) is 5.88 Å². The zero-order chi connectivity index (χ0) is 7.49. The molecule has 0 fully saturated rings. The summed E-state index contributed by atoms with van der Waals surface area (Å²) in [7, 11) is 0. The van der Waals surface area contributed by atoms with Crippen molar-refractivity contribution < 1.29 is 13.6 Å². The van der Waals surface area contributed by atoms with Gasteiger partial charge < -0.3 is 0 Å². The molecule has 5 heteroatoms. The van der Waals surface area contributed by atoms with Crippen LogP contribution in [0.3, 0.4) is 0 Å².